The van der Waals surface area contributed by atoms with Crippen LogP contribution in [0, 0.1) is 25.2 Å². The van der Waals surface area contributed by atoms with Crippen molar-refractivity contribution in [1.82, 2.24) is 14.5 Å². The third-order valence-corrected chi connectivity index (χ3v) is 6.10. The van der Waals surface area contributed by atoms with Crippen LogP contribution >= 0.6 is 0 Å². The van der Waals surface area contributed by atoms with E-state index < -0.39 is 6.16 Å². The van der Waals surface area contributed by atoms with E-state index in [0.29, 0.717) is 12.5 Å². The average molecular weight is 528 g/mol. The molecule has 0 bridgehead atoms. The number of terminal acetylenes is 1. The molecule has 1 saturated heterocycles. The van der Waals surface area contributed by atoms with Crippen molar-refractivity contribution in [1.29, 1.82) is 0 Å². The maximum atomic E-state index is 8.33. The number of fused-ring (bicyclic) bond motifs is 2. The van der Waals surface area contributed by atoms with Gasteiger partial charge in [-0.15, -0.1) is 6.42 Å². The minimum Gasteiger partial charge on any atom is -0.652 e. The molecule has 0 amide bonds. The van der Waals surface area contributed by atoms with Crippen molar-refractivity contribution in [3.63, 3.8) is 0 Å². The molecule has 3 heterocycles. The standard InChI is InChI=1S/C23H23N3O3.CH2O3.2K/c1-4-15-11-26(22-21(15)14(2)24-13-25-22)18-9-17-12-28-23(29-20(17)10-18)16-5-7-19(27-3)8-6-16;2-1(3)4;;/h1,5-8,11,13,17-18,20,23H,9-10,12H2,2-3H3;(H2,2,3,4);;/q;;2*+1/p-2/t17-,18+,20-,23?;;;/m0.../s1. The maximum absolute atomic E-state index is 8.33. The zero-order valence-electron chi connectivity index (χ0n) is 20.3. The van der Waals surface area contributed by atoms with Crippen LogP contribution in [0.25, 0.3) is 11.0 Å². The number of hydrogen-bond acceptors (Lipinski definition) is 8. The molecule has 2 aromatic heterocycles. The number of hydrogen-bond donors (Lipinski definition) is 0. The van der Waals surface area contributed by atoms with Gasteiger partial charge in [-0.1, -0.05) is 18.1 Å². The largest absolute Gasteiger partial charge is 1.00 e. The van der Waals surface area contributed by atoms with Crippen LogP contribution in [-0.4, -0.2) is 40.5 Å². The van der Waals surface area contributed by atoms with Gasteiger partial charge in [0.2, 0.25) is 0 Å². The number of nitrogens with zero attached hydrogens (tertiary/aromatic N) is 3. The molecule has 1 saturated carbocycles. The molecule has 2 fully saturated rings. The minimum absolute atomic E-state index is 0. The summed E-state index contributed by atoms with van der Waals surface area (Å²) in [7, 11) is 1.66. The fourth-order valence-corrected chi connectivity index (χ4v) is 4.60. The summed E-state index contributed by atoms with van der Waals surface area (Å²) in [6.45, 7) is 2.66. The number of aryl methyl sites for hydroxylation is 1. The zero-order chi connectivity index (χ0) is 23.5. The van der Waals surface area contributed by atoms with Crippen molar-refractivity contribution in [3.05, 3.63) is 53.6 Å². The van der Waals surface area contributed by atoms with Crippen molar-refractivity contribution < 1.29 is 132 Å². The number of benzene rings is 1. The first kappa shape index (κ1) is 30.9. The van der Waals surface area contributed by atoms with Crippen LogP contribution in [0.3, 0.4) is 0 Å². The second kappa shape index (κ2) is 14.0. The summed E-state index contributed by atoms with van der Waals surface area (Å²) in [6.07, 6.45) is 8.76. The van der Waals surface area contributed by atoms with Crippen LogP contribution in [0.4, 0.5) is 4.79 Å². The number of aromatic nitrogens is 3. The summed E-state index contributed by atoms with van der Waals surface area (Å²) < 4.78 is 19.8. The average Bonchev–Trinajstić information content (AvgIpc) is 3.40. The molecule has 35 heavy (non-hydrogen) atoms. The van der Waals surface area contributed by atoms with Crippen molar-refractivity contribution in [3.8, 4) is 18.1 Å². The first-order valence-electron chi connectivity index (χ1n) is 10.5. The SMILES string of the molecule is C#Cc1cn([C@@H]2C[C@H]3COC(c4ccc(OC)cc4)O[C@H]3C2)c2ncnc(C)c12.O=C([O-])[O-].[K+].[K+]. The molecule has 9 nitrogen and oxygen atoms in total. The Balaban J connectivity index is 0.000000672. The van der Waals surface area contributed by atoms with E-state index in [1.807, 2.05) is 37.4 Å². The summed E-state index contributed by atoms with van der Waals surface area (Å²) >= 11 is 0. The molecule has 4 atom stereocenters. The van der Waals surface area contributed by atoms with E-state index in [0.717, 1.165) is 46.4 Å². The van der Waals surface area contributed by atoms with Gasteiger partial charge in [-0.05, 0) is 38.1 Å². The molecule has 1 aromatic carbocycles. The Morgan fingerprint density at radius 1 is 1.20 bits per heavy atom. The second-order valence-corrected chi connectivity index (χ2v) is 8.00. The minimum atomic E-state index is -2.33. The molecule has 1 aliphatic heterocycles. The van der Waals surface area contributed by atoms with Crippen LogP contribution in [0.15, 0.2) is 36.8 Å². The quantitative estimate of drug-likeness (QED) is 0.246. The molecule has 1 unspecified atom stereocenters. The second-order valence-electron chi connectivity index (χ2n) is 8.00. The van der Waals surface area contributed by atoms with Crippen LogP contribution in [0.2, 0.25) is 0 Å². The van der Waals surface area contributed by atoms with Gasteiger partial charge in [-0.3, -0.25) is 0 Å². The van der Waals surface area contributed by atoms with Crippen molar-refractivity contribution in [2.75, 3.05) is 13.7 Å². The van der Waals surface area contributed by atoms with Crippen molar-refractivity contribution in [2.45, 2.75) is 38.2 Å². The topological polar surface area (TPSA) is 122 Å². The van der Waals surface area contributed by atoms with E-state index in [2.05, 4.69) is 20.5 Å². The fourth-order valence-electron chi connectivity index (χ4n) is 4.60. The Labute approximate surface area is 288 Å². The van der Waals surface area contributed by atoms with E-state index in [1.54, 1.807) is 13.4 Å². The molecule has 1 aliphatic carbocycles. The molecule has 3 aromatic rings. The third kappa shape index (κ3) is 7.16. The van der Waals surface area contributed by atoms with Gasteiger partial charge >= 0.3 is 103 Å². The number of carboxylic acid groups (broad SMARTS) is 2. The summed E-state index contributed by atoms with van der Waals surface area (Å²) in [5.41, 5.74) is 3.68. The molecule has 0 radical (unpaired) electrons. The molecule has 172 valence electrons. The third-order valence-electron chi connectivity index (χ3n) is 6.10. The van der Waals surface area contributed by atoms with Gasteiger partial charge in [-0.25, -0.2) is 9.97 Å². The molecular weight excluding hydrogens is 504 g/mol. The van der Waals surface area contributed by atoms with Crippen LogP contribution < -0.4 is 118 Å². The Morgan fingerprint density at radius 3 is 2.51 bits per heavy atom. The number of rotatable bonds is 3. The van der Waals surface area contributed by atoms with E-state index in [9.17, 15) is 0 Å². The van der Waals surface area contributed by atoms with E-state index in [4.69, 9.17) is 35.6 Å². The first-order valence-corrected chi connectivity index (χ1v) is 10.5. The first-order chi connectivity index (χ1) is 15.9. The number of ether oxygens (including phenoxy) is 3. The van der Waals surface area contributed by atoms with Crippen molar-refractivity contribution in [2.24, 2.45) is 5.92 Å². The van der Waals surface area contributed by atoms with Gasteiger partial charge in [0.25, 0.3) is 0 Å². The van der Waals surface area contributed by atoms with Crippen LogP contribution in [0.5, 0.6) is 5.75 Å². The zero-order valence-corrected chi connectivity index (χ0v) is 26.5. The normalized spacial score (nSPS) is 22.4. The van der Waals surface area contributed by atoms with Crippen LogP contribution in [0.1, 0.15) is 42.0 Å². The summed E-state index contributed by atoms with van der Waals surface area (Å²) in [5, 5.41) is 17.6. The molecule has 0 spiro atoms. The fraction of sp³-hybridized carbons (Fsp3) is 0.375. The van der Waals surface area contributed by atoms with E-state index >= 15 is 0 Å². The summed E-state index contributed by atoms with van der Waals surface area (Å²) in [4.78, 5) is 17.2. The van der Waals surface area contributed by atoms with Gasteiger partial charge in [0.1, 0.15) is 17.7 Å². The van der Waals surface area contributed by atoms with Gasteiger partial charge in [0.15, 0.2) is 6.29 Å². The number of carbonyl (C=O) groups excluding carboxylic acids is 1. The number of methoxy groups -OCH3 is 1. The predicted octanol–water partition coefficient (Wildman–Crippen LogP) is -4.64. The van der Waals surface area contributed by atoms with Gasteiger partial charge in [0, 0.05) is 23.7 Å². The molecule has 5 rings (SSSR count). The van der Waals surface area contributed by atoms with Crippen LogP contribution in [-0.2, 0) is 9.47 Å². The van der Waals surface area contributed by atoms with Crippen molar-refractivity contribution >= 4 is 17.2 Å². The van der Waals surface area contributed by atoms with E-state index in [1.165, 1.54) is 0 Å². The predicted molar refractivity (Wildman–Crippen MR) is 114 cm³/mol. The Morgan fingerprint density at radius 2 is 1.89 bits per heavy atom. The molecule has 0 N–H and O–H groups in total. The monoisotopic (exact) mass is 527 g/mol. The Bertz CT molecular complexity index is 1190. The molecule has 11 heteroatoms. The van der Waals surface area contributed by atoms with Gasteiger partial charge in [-0.2, -0.15) is 0 Å². The van der Waals surface area contributed by atoms with E-state index in [-0.39, 0.29) is 121 Å². The van der Waals surface area contributed by atoms with Gasteiger partial charge < -0.3 is 33.8 Å². The Hall–Kier alpha value is -0.337. The maximum Gasteiger partial charge on any atom is 1.00 e. The summed E-state index contributed by atoms with van der Waals surface area (Å²) in [5.74, 6) is 3.98. The Kier molecular flexibility index (Phi) is 12.3. The summed E-state index contributed by atoms with van der Waals surface area (Å²) in [6, 6.07) is 8.13. The smallest absolute Gasteiger partial charge is 0.652 e. The van der Waals surface area contributed by atoms with Gasteiger partial charge in [0.05, 0.1) is 36.5 Å². The number of carbonyl (C=O) groups is 1. The molecule has 2 aliphatic rings. The molecular formula is C24H23K2N3O6.